The zero-order valence-electron chi connectivity index (χ0n) is 31.9. The van der Waals surface area contributed by atoms with Gasteiger partial charge in [0.05, 0.1) is 58.3 Å². The minimum absolute atomic E-state index is 0.0181. The Bertz CT molecular complexity index is 1600. The summed E-state index contributed by atoms with van der Waals surface area (Å²) >= 11 is 1.89. The van der Waals surface area contributed by atoms with E-state index in [4.69, 9.17) is 28.4 Å². The third-order valence-corrected chi connectivity index (χ3v) is 10.9. The van der Waals surface area contributed by atoms with Crippen LogP contribution in [0.15, 0.2) is 36.4 Å². The highest BCUT2D eigenvalue weighted by atomic mass is 32.2. The Balaban J connectivity index is 0.795. The van der Waals surface area contributed by atoms with Crippen molar-refractivity contribution in [3.05, 3.63) is 58.7 Å². The van der Waals surface area contributed by atoms with Crippen molar-refractivity contribution in [1.29, 1.82) is 0 Å². The van der Waals surface area contributed by atoms with E-state index in [1.165, 1.54) is 5.56 Å². The van der Waals surface area contributed by atoms with E-state index in [9.17, 15) is 14.4 Å². The number of nitrogens with one attached hydrogen (secondary N) is 4. The maximum atomic E-state index is 12.1. The van der Waals surface area contributed by atoms with Gasteiger partial charge in [0.2, 0.25) is 5.91 Å². The highest BCUT2D eigenvalue weighted by molar-refractivity contribution is 8.00. The molecule has 0 saturated carbocycles. The van der Waals surface area contributed by atoms with Crippen LogP contribution in [0.2, 0.25) is 0 Å². The van der Waals surface area contributed by atoms with Gasteiger partial charge in [0.25, 0.3) is 0 Å². The lowest BCUT2D eigenvalue weighted by molar-refractivity contribution is -0.121. The Morgan fingerprint density at radius 1 is 0.764 bits per heavy atom. The van der Waals surface area contributed by atoms with Gasteiger partial charge in [-0.15, -0.1) is 0 Å². The fraction of sp³-hybridized carbons (Fsp3) is 0.585. The number of amides is 4. The van der Waals surface area contributed by atoms with Crippen LogP contribution in [0.1, 0.15) is 67.7 Å². The van der Waals surface area contributed by atoms with Gasteiger partial charge in [0, 0.05) is 41.6 Å². The summed E-state index contributed by atoms with van der Waals surface area (Å²) in [6.07, 6.45) is 6.60. The van der Waals surface area contributed by atoms with E-state index in [1.807, 2.05) is 30.0 Å². The number of hydrogen-bond donors (Lipinski definition) is 4. The van der Waals surface area contributed by atoms with Crippen LogP contribution in [0, 0.1) is 11.8 Å². The molecule has 0 bridgehead atoms. The van der Waals surface area contributed by atoms with Crippen LogP contribution in [0.4, 0.5) is 9.59 Å². The van der Waals surface area contributed by atoms with Crippen molar-refractivity contribution in [3.63, 3.8) is 0 Å². The zero-order chi connectivity index (χ0) is 38.5. The van der Waals surface area contributed by atoms with Crippen LogP contribution in [-0.4, -0.2) is 114 Å². The molecule has 55 heavy (non-hydrogen) atoms. The fourth-order valence-corrected chi connectivity index (χ4v) is 8.00. The van der Waals surface area contributed by atoms with E-state index in [0.29, 0.717) is 64.4 Å². The number of urea groups is 1. The fourth-order valence-electron chi connectivity index (χ4n) is 6.45. The third-order valence-electron chi connectivity index (χ3n) is 9.41. The molecule has 3 atom stereocenters. The van der Waals surface area contributed by atoms with Crippen LogP contribution in [-0.2, 0) is 36.6 Å². The Kier molecular flexibility index (Phi) is 18.1. The van der Waals surface area contributed by atoms with Crippen molar-refractivity contribution < 1.29 is 42.8 Å². The quantitative estimate of drug-likeness (QED) is 0.0650. The monoisotopic (exact) mass is 780 g/mol. The summed E-state index contributed by atoms with van der Waals surface area (Å²) < 4.78 is 33.5. The second kappa shape index (κ2) is 23.7. The van der Waals surface area contributed by atoms with E-state index in [0.717, 1.165) is 85.5 Å². The topological polar surface area (TPSA) is 155 Å². The molecular formula is C41H56N4O9S. The van der Waals surface area contributed by atoms with E-state index < -0.39 is 6.09 Å². The standard InChI is InChI=1S/C41H56N4O9S/c1-2-3-18-52-34-14-12-30-8-9-31-13-15-35(28-33(31)11-10-32(30)27-34)53-25-23-51-24-26-54-41(48)43-17-20-50-22-21-49-19-16-42-38(46)7-5-4-6-37-39-36(29-55-37)44-40(47)45-39/h12-15,27-28,36-37,39H,2-7,10-11,16-26,29H2,1H3,(H,42,46)(H,43,48)(H2,44,45,47). The summed E-state index contributed by atoms with van der Waals surface area (Å²) in [6.45, 7) is 6.24. The molecule has 0 spiro atoms. The van der Waals surface area contributed by atoms with Gasteiger partial charge in [-0.05, 0) is 79.6 Å². The number of ether oxygens (including phenoxy) is 6. The van der Waals surface area contributed by atoms with Gasteiger partial charge in [-0.3, -0.25) is 4.79 Å². The van der Waals surface area contributed by atoms with Gasteiger partial charge in [-0.25, -0.2) is 9.59 Å². The van der Waals surface area contributed by atoms with Crippen molar-refractivity contribution >= 4 is 29.8 Å². The summed E-state index contributed by atoms with van der Waals surface area (Å²) in [5.74, 6) is 9.28. The van der Waals surface area contributed by atoms with Crippen molar-refractivity contribution in [2.75, 3.05) is 78.3 Å². The first kappa shape index (κ1) is 42.0. The number of alkyl carbamates (subject to hydrolysis) is 1. The molecule has 2 fully saturated rings. The molecule has 3 aliphatic rings. The van der Waals surface area contributed by atoms with Crippen LogP contribution < -0.4 is 30.7 Å². The molecule has 2 aliphatic heterocycles. The van der Waals surface area contributed by atoms with Gasteiger partial charge < -0.3 is 49.7 Å². The number of benzene rings is 2. The molecule has 4 amide bonds. The van der Waals surface area contributed by atoms with Crippen molar-refractivity contribution in [2.24, 2.45) is 0 Å². The summed E-state index contributed by atoms with van der Waals surface area (Å²) in [5, 5.41) is 11.9. The number of unbranched alkanes of at least 4 members (excludes halogenated alkanes) is 2. The summed E-state index contributed by atoms with van der Waals surface area (Å²) in [5.41, 5.74) is 4.41. The molecule has 4 N–H and O–H groups in total. The Morgan fingerprint density at radius 2 is 1.40 bits per heavy atom. The molecule has 2 aromatic carbocycles. The Morgan fingerprint density at radius 3 is 2.11 bits per heavy atom. The van der Waals surface area contributed by atoms with E-state index >= 15 is 0 Å². The first-order valence-corrected chi connectivity index (χ1v) is 20.7. The Labute approximate surface area is 329 Å². The Hall–Kier alpha value is -4.16. The van der Waals surface area contributed by atoms with Gasteiger partial charge in [0.15, 0.2) is 0 Å². The molecule has 14 heteroatoms. The van der Waals surface area contributed by atoms with Crippen LogP contribution in [0.3, 0.4) is 0 Å². The van der Waals surface area contributed by atoms with E-state index in [-0.39, 0.29) is 37.2 Å². The first-order chi connectivity index (χ1) is 27.0. The zero-order valence-corrected chi connectivity index (χ0v) is 32.7. The van der Waals surface area contributed by atoms with Crippen molar-refractivity contribution in [2.45, 2.75) is 75.6 Å². The highest BCUT2D eigenvalue weighted by Crippen LogP contribution is 2.33. The minimum atomic E-state index is -0.534. The number of thioether (sulfide) groups is 1. The number of hydrogen-bond acceptors (Lipinski definition) is 10. The number of carbonyl (C=O) groups excluding carboxylic acids is 3. The van der Waals surface area contributed by atoms with Crippen LogP contribution in [0.25, 0.3) is 0 Å². The molecule has 13 nitrogen and oxygen atoms in total. The lowest BCUT2D eigenvalue weighted by Gasteiger charge is -2.16. The second-order valence-electron chi connectivity index (χ2n) is 13.6. The SMILES string of the molecule is CCCCOc1ccc2c(c1)CCc1cc(OCCOCCOC(=O)NCCOCCOCCNC(=O)CCCCC3SCC4NC(=O)NC43)ccc1C#C2. The van der Waals surface area contributed by atoms with E-state index in [1.54, 1.807) is 0 Å². The molecular weight excluding hydrogens is 725 g/mol. The predicted molar refractivity (Wildman–Crippen MR) is 211 cm³/mol. The first-order valence-electron chi connectivity index (χ1n) is 19.6. The predicted octanol–water partition coefficient (Wildman–Crippen LogP) is 4.36. The number of rotatable bonds is 25. The van der Waals surface area contributed by atoms with Crippen LogP contribution in [0.5, 0.6) is 11.5 Å². The molecule has 2 saturated heterocycles. The number of aryl methyl sites for hydroxylation is 2. The van der Waals surface area contributed by atoms with Gasteiger partial charge in [0.1, 0.15) is 24.7 Å². The molecule has 300 valence electrons. The average Bonchev–Trinajstić information content (AvgIpc) is 3.74. The maximum Gasteiger partial charge on any atom is 0.407 e. The van der Waals surface area contributed by atoms with Gasteiger partial charge in [-0.2, -0.15) is 11.8 Å². The molecule has 3 unspecified atom stereocenters. The van der Waals surface area contributed by atoms with Crippen LogP contribution >= 0.6 is 11.8 Å². The van der Waals surface area contributed by atoms with Gasteiger partial charge >= 0.3 is 12.1 Å². The maximum absolute atomic E-state index is 12.1. The summed E-state index contributed by atoms with van der Waals surface area (Å²) in [6, 6.07) is 12.5. The normalized spacial score (nSPS) is 17.9. The molecule has 5 rings (SSSR count). The molecule has 0 aromatic heterocycles. The average molecular weight is 781 g/mol. The second-order valence-corrected chi connectivity index (χ2v) is 14.8. The number of carbonyl (C=O) groups is 3. The summed E-state index contributed by atoms with van der Waals surface area (Å²) in [7, 11) is 0. The number of fused-ring (bicyclic) bond motifs is 3. The third kappa shape index (κ3) is 14.8. The van der Waals surface area contributed by atoms with Gasteiger partial charge in [-0.1, -0.05) is 31.6 Å². The highest BCUT2D eigenvalue weighted by Gasteiger charge is 2.42. The van der Waals surface area contributed by atoms with E-state index in [2.05, 4.69) is 58.2 Å². The molecule has 2 heterocycles. The lowest BCUT2D eigenvalue weighted by Crippen LogP contribution is -2.36. The molecule has 2 aromatic rings. The molecule has 1 aliphatic carbocycles. The smallest absolute Gasteiger partial charge is 0.407 e. The lowest BCUT2D eigenvalue weighted by atomic mass is 9.94. The summed E-state index contributed by atoms with van der Waals surface area (Å²) in [4.78, 5) is 35.5. The minimum Gasteiger partial charge on any atom is -0.494 e. The molecule has 0 radical (unpaired) electrons. The van der Waals surface area contributed by atoms with Crippen molar-refractivity contribution in [1.82, 2.24) is 21.3 Å². The van der Waals surface area contributed by atoms with Crippen molar-refractivity contribution in [3.8, 4) is 23.3 Å². The largest absolute Gasteiger partial charge is 0.494 e.